The maximum atomic E-state index is 14.7. The molecule has 3 heterocycles. The van der Waals surface area contributed by atoms with Gasteiger partial charge in [0.1, 0.15) is 17.2 Å². The van der Waals surface area contributed by atoms with Crippen LogP contribution in [0.25, 0.3) is 0 Å². The van der Waals surface area contributed by atoms with Crippen molar-refractivity contribution in [3.8, 4) is 5.75 Å². The Kier molecular flexibility index (Phi) is 5.76. The first-order valence-electron chi connectivity index (χ1n) is 12.3. The zero-order chi connectivity index (χ0) is 25.8. The molecule has 190 valence electrons. The van der Waals surface area contributed by atoms with Gasteiger partial charge >= 0.3 is 0 Å². The van der Waals surface area contributed by atoms with E-state index < -0.39 is 29.0 Å². The van der Waals surface area contributed by atoms with Gasteiger partial charge in [0.25, 0.3) is 0 Å². The van der Waals surface area contributed by atoms with Crippen molar-refractivity contribution >= 4 is 17.8 Å². The van der Waals surface area contributed by atoms with Gasteiger partial charge in [-0.15, -0.1) is 0 Å². The number of fused-ring (bicyclic) bond motifs is 1. The quantitative estimate of drug-likeness (QED) is 0.661. The highest BCUT2D eigenvalue weighted by atomic mass is 19.1. The number of hydrogen-bond donors (Lipinski definition) is 2. The number of aromatic nitrogens is 1. The molecule has 1 aromatic heterocycles. The highest BCUT2D eigenvalue weighted by Gasteiger charge is 2.53. The van der Waals surface area contributed by atoms with Crippen LogP contribution in [0.15, 0.2) is 47.7 Å². The van der Waals surface area contributed by atoms with Crippen molar-refractivity contribution in [2.24, 2.45) is 22.6 Å². The molecule has 4 atom stereocenters. The molecular weight excluding hydrogens is 461 g/mol. The summed E-state index contributed by atoms with van der Waals surface area (Å²) in [5.41, 5.74) is 6.33. The number of halogens is 1. The van der Waals surface area contributed by atoms with Crippen molar-refractivity contribution in [3.63, 3.8) is 0 Å². The summed E-state index contributed by atoms with van der Waals surface area (Å²) in [7, 11) is 0. The smallest absolute Gasteiger partial charge is 0.232 e. The van der Waals surface area contributed by atoms with Gasteiger partial charge in [-0.1, -0.05) is 12.1 Å². The molecule has 1 fully saturated rings. The molecule has 0 saturated heterocycles. The topological polar surface area (TPSA) is 110 Å². The fourth-order valence-electron chi connectivity index (χ4n) is 5.57. The monoisotopic (exact) mass is 493 g/mol. The van der Waals surface area contributed by atoms with Gasteiger partial charge in [0.15, 0.2) is 5.96 Å². The van der Waals surface area contributed by atoms with Crippen LogP contribution in [0, 0.1) is 17.7 Å². The zero-order valence-corrected chi connectivity index (χ0v) is 21.0. The molecule has 0 spiro atoms. The van der Waals surface area contributed by atoms with E-state index in [1.54, 1.807) is 30.6 Å². The molecule has 9 heteroatoms. The zero-order valence-electron chi connectivity index (χ0n) is 21.0. The number of carbonyl (C=O) groups is 2. The average molecular weight is 494 g/mol. The number of nitrogens with two attached hydrogens (primary N) is 1. The largest absolute Gasteiger partial charge is 0.487 e. The number of rotatable bonds is 5. The van der Waals surface area contributed by atoms with Crippen LogP contribution in [0.5, 0.6) is 5.75 Å². The summed E-state index contributed by atoms with van der Waals surface area (Å²) in [6, 6.07) is 7.42. The standard InChI is InChI=1S/C27H32FN5O3/c1-26(2)13-21(34)33(25(29)32-26)23(15-7-6-10-30-14-15)16-11-17(16)24(35)31-19-12-27(3,4)36-20-9-5-8-18(28)22(19)20/h5-10,14,16-17,19,23H,11-13H2,1-4H3,(H2,29,32)(H,31,35)/t16?,17-,19?,23-/m1/s1. The van der Waals surface area contributed by atoms with Crippen molar-refractivity contribution in [3.05, 3.63) is 59.7 Å². The molecule has 3 aliphatic rings. The van der Waals surface area contributed by atoms with Crippen LogP contribution in [0.3, 0.4) is 0 Å². The Balaban J connectivity index is 1.40. The Labute approximate surface area is 210 Å². The van der Waals surface area contributed by atoms with Crippen LogP contribution in [0.4, 0.5) is 4.39 Å². The lowest BCUT2D eigenvalue weighted by Gasteiger charge is -2.38. The second kappa shape index (κ2) is 8.57. The van der Waals surface area contributed by atoms with E-state index in [0.717, 1.165) is 5.56 Å². The first-order valence-corrected chi connectivity index (χ1v) is 12.3. The van der Waals surface area contributed by atoms with E-state index >= 15 is 0 Å². The van der Waals surface area contributed by atoms with Crippen molar-refractivity contribution in [1.29, 1.82) is 0 Å². The lowest BCUT2D eigenvalue weighted by molar-refractivity contribution is -0.132. The molecule has 2 aliphatic heterocycles. The van der Waals surface area contributed by atoms with Gasteiger partial charge in [-0.3, -0.25) is 19.5 Å². The Bertz CT molecular complexity index is 1230. The summed E-state index contributed by atoms with van der Waals surface area (Å²) < 4.78 is 20.7. The minimum absolute atomic E-state index is 0.130. The summed E-state index contributed by atoms with van der Waals surface area (Å²) in [5, 5.41) is 3.07. The molecule has 0 bridgehead atoms. The van der Waals surface area contributed by atoms with Gasteiger partial charge in [0.05, 0.1) is 29.6 Å². The fourth-order valence-corrected chi connectivity index (χ4v) is 5.57. The maximum absolute atomic E-state index is 14.7. The van der Waals surface area contributed by atoms with E-state index in [1.807, 2.05) is 33.8 Å². The molecule has 1 aromatic carbocycles. The number of aliphatic imine (C=N–C) groups is 1. The number of benzene rings is 1. The number of nitrogens with one attached hydrogen (secondary N) is 1. The van der Waals surface area contributed by atoms with Gasteiger partial charge in [-0.25, -0.2) is 9.38 Å². The van der Waals surface area contributed by atoms with E-state index in [1.165, 1.54) is 11.0 Å². The number of amides is 2. The molecule has 2 aromatic rings. The number of carbonyl (C=O) groups excluding carboxylic acids is 2. The Hall–Kier alpha value is -3.49. The van der Waals surface area contributed by atoms with E-state index in [4.69, 9.17) is 10.5 Å². The molecule has 0 radical (unpaired) electrons. The van der Waals surface area contributed by atoms with Gasteiger partial charge in [-0.2, -0.15) is 0 Å². The highest BCUT2D eigenvalue weighted by molar-refractivity contribution is 5.99. The summed E-state index contributed by atoms with van der Waals surface area (Å²) in [5.74, 6) is -0.631. The van der Waals surface area contributed by atoms with Gasteiger partial charge in [0.2, 0.25) is 11.8 Å². The Morgan fingerprint density at radius 1 is 1.25 bits per heavy atom. The lowest BCUT2D eigenvalue weighted by Crippen LogP contribution is -2.52. The second-order valence-corrected chi connectivity index (χ2v) is 11.2. The summed E-state index contributed by atoms with van der Waals surface area (Å²) in [6.45, 7) is 7.58. The first kappa shape index (κ1) is 24.2. The molecular formula is C27H32FN5O3. The lowest BCUT2D eigenvalue weighted by atomic mass is 9.89. The van der Waals surface area contributed by atoms with Crippen LogP contribution in [0.1, 0.15) is 70.2 Å². The van der Waals surface area contributed by atoms with Crippen LogP contribution < -0.4 is 15.8 Å². The number of nitrogens with zero attached hydrogens (tertiary/aromatic N) is 3. The summed E-state index contributed by atoms with van der Waals surface area (Å²) in [4.78, 5) is 36.9. The minimum Gasteiger partial charge on any atom is -0.487 e. The number of guanidine groups is 1. The van der Waals surface area contributed by atoms with E-state index in [-0.39, 0.29) is 36.0 Å². The normalized spacial score (nSPS) is 26.8. The SMILES string of the molecule is CC1(C)CC(=O)N([C@H](c2cccnc2)C2C[C@H]2C(=O)NC2CC(C)(C)Oc3cccc(F)c32)C(N)=N1. The second-order valence-electron chi connectivity index (χ2n) is 11.2. The van der Waals surface area contributed by atoms with Crippen LogP contribution in [0.2, 0.25) is 0 Å². The van der Waals surface area contributed by atoms with E-state index in [9.17, 15) is 14.0 Å². The Morgan fingerprint density at radius 2 is 2.03 bits per heavy atom. The summed E-state index contributed by atoms with van der Waals surface area (Å²) >= 11 is 0. The van der Waals surface area contributed by atoms with Crippen molar-refractivity contribution < 1.29 is 18.7 Å². The molecule has 2 amide bonds. The van der Waals surface area contributed by atoms with Crippen molar-refractivity contribution in [2.75, 3.05) is 0 Å². The van der Waals surface area contributed by atoms with Gasteiger partial charge < -0.3 is 15.8 Å². The average Bonchev–Trinajstić information content (AvgIpc) is 3.55. The van der Waals surface area contributed by atoms with Crippen molar-refractivity contribution in [2.45, 2.75) is 70.2 Å². The third-order valence-electron chi connectivity index (χ3n) is 7.16. The molecule has 2 unspecified atom stereocenters. The van der Waals surface area contributed by atoms with Gasteiger partial charge in [0, 0.05) is 24.7 Å². The maximum Gasteiger partial charge on any atom is 0.232 e. The van der Waals surface area contributed by atoms with E-state index in [0.29, 0.717) is 24.2 Å². The molecule has 3 N–H and O–H groups in total. The van der Waals surface area contributed by atoms with Crippen LogP contribution in [-0.2, 0) is 9.59 Å². The Morgan fingerprint density at radius 3 is 2.72 bits per heavy atom. The fraction of sp³-hybridized carbons (Fsp3) is 0.481. The van der Waals surface area contributed by atoms with Crippen LogP contribution >= 0.6 is 0 Å². The van der Waals surface area contributed by atoms with E-state index in [2.05, 4.69) is 15.3 Å². The number of hydrogen-bond acceptors (Lipinski definition) is 6. The van der Waals surface area contributed by atoms with Crippen molar-refractivity contribution in [1.82, 2.24) is 15.2 Å². The third kappa shape index (κ3) is 4.54. The molecule has 1 saturated carbocycles. The highest BCUT2D eigenvalue weighted by Crippen LogP contribution is 2.51. The number of ether oxygens (including phenoxy) is 1. The van der Waals surface area contributed by atoms with Gasteiger partial charge in [-0.05, 0) is 63.8 Å². The first-order chi connectivity index (χ1) is 17.0. The molecule has 36 heavy (non-hydrogen) atoms. The molecule has 8 nitrogen and oxygen atoms in total. The summed E-state index contributed by atoms with van der Waals surface area (Å²) in [6.07, 6.45) is 4.60. The third-order valence-corrected chi connectivity index (χ3v) is 7.16. The van der Waals surface area contributed by atoms with Crippen LogP contribution in [-0.4, -0.2) is 38.8 Å². The predicted molar refractivity (Wildman–Crippen MR) is 132 cm³/mol. The minimum atomic E-state index is -0.579. The predicted octanol–water partition coefficient (Wildman–Crippen LogP) is 3.64. The molecule has 5 rings (SSSR count). The number of pyridine rings is 1. The molecule has 1 aliphatic carbocycles.